The predicted octanol–water partition coefficient (Wildman–Crippen LogP) is 5.32. The van der Waals surface area contributed by atoms with Crippen LogP contribution >= 0.6 is 24.0 Å². The molecule has 1 amide bonds. The molecule has 146 valence electrons. The quantitative estimate of drug-likeness (QED) is 0.469. The van der Waals surface area contributed by atoms with Gasteiger partial charge in [0.25, 0.3) is 5.91 Å². The van der Waals surface area contributed by atoms with Crippen molar-refractivity contribution in [2.45, 2.75) is 39.4 Å². The Morgan fingerprint density at radius 3 is 2.25 bits per heavy atom. The van der Waals surface area contributed by atoms with Crippen molar-refractivity contribution in [3.8, 4) is 11.5 Å². The Hall–Kier alpha value is -2.31. The van der Waals surface area contributed by atoms with Gasteiger partial charge in [-0.05, 0) is 54.3 Å². The molecule has 1 aliphatic rings. The molecule has 1 aliphatic heterocycles. The molecule has 0 atom stereocenters. The minimum absolute atomic E-state index is 0.146. The third-order valence-electron chi connectivity index (χ3n) is 4.36. The summed E-state index contributed by atoms with van der Waals surface area (Å²) in [5, 5.41) is 2.61. The largest absolute Gasteiger partial charge is 0.490 e. The zero-order valence-corrected chi connectivity index (χ0v) is 17.6. The van der Waals surface area contributed by atoms with Gasteiger partial charge in [0.15, 0.2) is 0 Å². The fourth-order valence-electron chi connectivity index (χ4n) is 2.71. The van der Waals surface area contributed by atoms with Crippen LogP contribution in [0.3, 0.4) is 0 Å². The average Bonchev–Trinajstić information content (AvgIpc) is 3.03. The van der Waals surface area contributed by atoms with E-state index in [1.54, 1.807) is 0 Å². The van der Waals surface area contributed by atoms with Crippen LogP contribution < -0.4 is 14.8 Å². The van der Waals surface area contributed by atoms with Crippen LogP contribution in [0.4, 0.5) is 0 Å². The third-order valence-corrected chi connectivity index (χ3v) is 5.52. The molecular formula is C22H23NO3S2. The number of rotatable bonds is 8. The van der Waals surface area contributed by atoms with Crippen LogP contribution in [0.5, 0.6) is 11.5 Å². The van der Waals surface area contributed by atoms with Gasteiger partial charge in [-0.3, -0.25) is 4.79 Å². The Balaban J connectivity index is 1.54. The first-order valence-corrected chi connectivity index (χ1v) is 10.5. The smallest absolute Gasteiger partial charge is 0.263 e. The Morgan fingerprint density at radius 2 is 1.68 bits per heavy atom. The van der Waals surface area contributed by atoms with Crippen LogP contribution in [0.25, 0.3) is 6.08 Å². The maximum absolute atomic E-state index is 11.7. The standard InChI is InChI=1S/C22H23NO3S2/c1-3-17(4-2)26-19-11-7-16(8-12-19)14-25-18-9-5-15(6-10-18)13-20-21(24)23-22(27)28-20/h5-13,17H,3-4,14H2,1-2H3,(H,23,24,27)/b20-13-. The summed E-state index contributed by atoms with van der Waals surface area (Å²) in [4.78, 5) is 12.3. The van der Waals surface area contributed by atoms with Crippen LogP contribution in [0.15, 0.2) is 53.4 Å². The van der Waals surface area contributed by atoms with E-state index in [1.165, 1.54) is 11.8 Å². The molecule has 0 spiro atoms. The molecule has 2 aromatic carbocycles. The number of hydrogen-bond donors (Lipinski definition) is 1. The second-order valence-electron chi connectivity index (χ2n) is 6.41. The summed E-state index contributed by atoms with van der Waals surface area (Å²) in [5.74, 6) is 1.52. The fourth-order valence-corrected chi connectivity index (χ4v) is 3.76. The van der Waals surface area contributed by atoms with Crippen molar-refractivity contribution in [2.75, 3.05) is 0 Å². The van der Waals surface area contributed by atoms with Gasteiger partial charge in [0.1, 0.15) is 22.4 Å². The predicted molar refractivity (Wildman–Crippen MR) is 119 cm³/mol. The summed E-state index contributed by atoms with van der Waals surface area (Å²) in [6, 6.07) is 15.7. The number of carbonyl (C=O) groups is 1. The molecule has 1 saturated heterocycles. The molecule has 0 aromatic heterocycles. The van der Waals surface area contributed by atoms with Crippen molar-refractivity contribution in [3.05, 3.63) is 64.6 Å². The maximum Gasteiger partial charge on any atom is 0.263 e. The zero-order valence-electron chi connectivity index (χ0n) is 15.9. The topological polar surface area (TPSA) is 47.6 Å². The van der Waals surface area contributed by atoms with E-state index >= 15 is 0 Å². The lowest BCUT2D eigenvalue weighted by Crippen LogP contribution is -2.17. The van der Waals surface area contributed by atoms with E-state index in [4.69, 9.17) is 21.7 Å². The summed E-state index contributed by atoms with van der Waals surface area (Å²) in [7, 11) is 0. The van der Waals surface area contributed by atoms with E-state index in [2.05, 4.69) is 19.2 Å². The minimum atomic E-state index is -0.146. The van der Waals surface area contributed by atoms with Gasteiger partial charge in [-0.25, -0.2) is 0 Å². The zero-order chi connectivity index (χ0) is 19.9. The van der Waals surface area contributed by atoms with Gasteiger partial charge in [0.05, 0.1) is 11.0 Å². The fraction of sp³-hybridized carbons (Fsp3) is 0.273. The number of thiocarbonyl (C=S) groups is 1. The third kappa shape index (κ3) is 5.59. The van der Waals surface area contributed by atoms with E-state index < -0.39 is 0 Å². The molecule has 3 rings (SSSR count). The van der Waals surface area contributed by atoms with Gasteiger partial charge in [-0.2, -0.15) is 0 Å². The Labute approximate surface area is 175 Å². The molecule has 0 saturated carbocycles. The molecule has 4 nitrogen and oxygen atoms in total. The SMILES string of the molecule is CCC(CC)Oc1ccc(COc2ccc(/C=C3\SC(=S)NC3=O)cc2)cc1. The van der Waals surface area contributed by atoms with Gasteiger partial charge < -0.3 is 14.8 Å². The highest BCUT2D eigenvalue weighted by Crippen LogP contribution is 2.26. The van der Waals surface area contributed by atoms with Crippen molar-refractivity contribution in [3.63, 3.8) is 0 Å². The van der Waals surface area contributed by atoms with Gasteiger partial charge in [0, 0.05) is 0 Å². The summed E-state index contributed by atoms with van der Waals surface area (Å²) < 4.78 is 12.3. The van der Waals surface area contributed by atoms with E-state index in [1.807, 2.05) is 54.6 Å². The van der Waals surface area contributed by atoms with Gasteiger partial charge in [-0.15, -0.1) is 0 Å². The molecular weight excluding hydrogens is 390 g/mol. The lowest BCUT2D eigenvalue weighted by atomic mass is 10.2. The maximum atomic E-state index is 11.7. The second kappa shape index (κ2) is 9.75. The summed E-state index contributed by atoms with van der Waals surface area (Å²) in [6.07, 6.45) is 4.09. The first-order chi connectivity index (χ1) is 13.6. The number of hydrogen-bond acceptors (Lipinski definition) is 5. The van der Waals surface area contributed by atoms with Crippen LogP contribution in [0, 0.1) is 0 Å². The molecule has 6 heteroatoms. The van der Waals surface area contributed by atoms with Crippen LogP contribution in [0.2, 0.25) is 0 Å². The van der Waals surface area contributed by atoms with E-state index in [9.17, 15) is 4.79 Å². The van der Waals surface area contributed by atoms with E-state index in [0.717, 1.165) is 35.5 Å². The number of amides is 1. The van der Waals surface area contributed by atoms with Crippen molar-refractivity contribution < 1.29 is 14.3 Å². The molecule has 0 unspecified atom stereocenters. The number of benzene rings is 2. The first kappa shape index (κ1) is 20.4. The minimum Gasteiger partial charge on any atom is -0.490 e. The van der Waals surface area contributed by atoms with Crippen LogP contribution in [-0.4, -0.2) is 16.3 Å². The molecule has 0 radical (unpaired) electrons. The molecule has 0 aliphatic carbocycles. The number of ether oxygens (including phenoxy) is 2. The van der Waals surface area contributed by atoms with Crippen LogP contribution in [0.1, 0.15) is 37.8 Å². The Morgan fingerprint density at radius 1 is 1.04 bits per heavy atom. The molecule has 28 heavy (non-hydrogen) atoms. The normalized spacial score (nSPS) is 15.2. The van der Waals surface area contributed by atoms with Crippen LogP contribution in [-0.2, 0) is 11.4 Å². The van der Waals surface area contributed by atoms with E-state index in [-0.39, 0.29) is 12.0 Å². The Kier molecular flexibility index (Phi) is 7.12. The number of nitrogens with one attached hydrogen (secondary N) is 1. The average molecular weight is 414 g/mol. The molecule has 1 fully saturated rings. The highest BCUT2D eigenvalue weighted by molar-refractivity contribution is 8.26. The lowest BCUT2D eigenvalue weighted by Gasteiger charge is -2.15. The number of thioether (sulfide) groups is 1. The van der Waals surface area contributed by atoms with Crippen molar-refractivity contribution >= 4 is 40.3 Å². The van der Waals surface area contributed by atoms with Crippen molar-refractivity contribution in [2.24, 2.45) is 0 Å². The molecule has 2 aromatic rings. The first-order valence-electron chi connectivity index (χ1n) is 9.30. The Bertz CT molecular complexity index is 856. The highest BCUT2D eigenvalue weighted by atomic mass is 32.2. The van der Waals surface area contributed by atoms with Gasteiger partial charge in [0.2, 0.25) is 0 Å². The molecule has 1 heterocycles. The van der Waals surface area contributed by atoms with Crippen molar-refractivity contribution in [1.29, 1.82) is 0 Å². The van der Waals surface area contributed by atoms with E-state index in [0.29, 0.717) is 15.8 Å². The highest BCUT2D eigenvalue weighted by Gasteiger charge is 2.21. The number of carbonyl (C=O) groups excluding carboxylic acids is 1. The van der Waals surface area contributed by atoms with Gasteiger partial charge >= 0.3 is 0 Å². The summed E-state index contributed by atoms with van der Waals surface area (Å²) >= 11 is 6.27. The van der Waals surface area contributed by atoms with Crippen molar-refractivity contribution in [1.82, 2.24) is 5.32 Å². The molecule has 0 bridgehead atoms. The lowest BCUT2D eigenvalue weighted by molar-refractivity contribution is -0.115. The summed E-state index contributed by atoms with van der Waals surface area (Å²) in [6.45, 7) is 4.75. The molecule has 1 N–H and O–H groups in total. The second-order valence-corrected chi connectivity index (χ2v) is 8.13. The monoisotopic (exact) mass is 413 g/mol. The summed E-state index contributed by atoms with van der Waals surface area (Å²) in [5.41, 5.74) is 2.01. The van der Waals surface area contributed by atoms with Gasteiger partial charge in [-0.1, -0.05) is 62.1 Å².